The molecule has 1 fully saturated rings. The number of thioether (sulfide) groups is 1. The van der Waals surface area contributed by atoms with Gasteiger partial charge in [0.2, 0.25) is 0 Å². The van der Waals surface area contributed by atoms with E-state index in [2.05, 4.69) is 18.2 Å². The van der Waals surface area contributed by atoms with Crippen molar-refractivity contribution in [2.45, 2.75) is 49.2 Å². The first-order valence-electron chi connectivity index (χ1n) is 12.7. The largest absolute Gasteiger partial charge is 0.293 e. The number of carbonyl (C=O) groups excluding carboxylic acids is 1. The molecule has 2 aliphatic rings. The maximum Gasteiger partial charge on any atom is 0.258 e. The fraction of sp³-hybridized carbons (Fsp3) is 0.258. The van der Waals surface area contributed by atoms with Gasteiger partial charge in [0.1, 0.15) is 0 Å². The lowest BCUT2D eigenvalue weighted by Crippen LogP contribution is -2.40. The van der Waals surface area contributed by atoms with Crippen LogP contribution in [0.5, 0.6) is 0 Å². The quantitative estimate of drug-likeness (QED) is 0.155. The third kappa shape index (κ3) is 4.55. The van der Waals surface area contributed by atoms with Crippen LogP contribution >= 0.6 is 23.4 Å². The van der Waals surface area contributed by atoms with E-state index in [-0.39, 0.29) is 22.5 Å². The fourth-order valence-corrected chi connectivity index (χ4v) is 6.92. The molecule has 1 aromatic heterocycles. The molecule has 0 saturated heterocycles. The first-order chi connectivity index (χ1) is 18.0. The van der Waals surface area contributed by atoms with Gasteiger partial charge in [-0.1, -0.05) is 90.8 Å². The van der Waals surface area contributed by atoms with Crippen LogP contribution < -0.4 is 5.56 Å². The van der Waals surface area contributed by atoms with E-state index in [1.54, 1.807) is 28.8 Å². The molecule has 0 bridgehead atoms. The fourth-order valence-electron chi connectivity index (χ4n) is 5.91. The van der Waals surface area contributed by atoms with Crippen molar-refractivity contribution >= 4 is 29.1 Å². The Morgan fingerprint density at radius 3 is 2.41 bits per heavy atom. The third-order valence-corrected chi connectivity index (χ3v) is 8.94. The average Bonchev–Trinajstić information content (AvgIpc) is 3.38. The zero-order chi connectivity index (χ0) is 25.4. The average molecular weight is 527 g/mol. The highest BCUT2D eigenvalue weighted by Gasteiger charge is 2.44. The Morgan fingerprint density at radius 1 is 0.946 bits per heavy atom. The second-order valence-corrected chi connectivity index (χ2v) is 11.4. The number of halogens is 1. The molecule has 186 valence electrons. The smallest absolute Gasteiger partial charge is 0.258 e. The van der Waals surface area contributed by atoms with E-state index in [4.69, 9.17) is 16.6 Å². The van der Waals surface area contributed by atoms with Gasteiger partial charge in [0.15, 0.2) is 10.9 Å². The molecule has 3 aromatic carbocycles. The molecule has 0 aliphatic heterocycles. The summed E-state index contributed by atoms with van der Waals surface area (Å²) < 4.78 is 1.79. The zero-order valence-electron chi connectivity index (χ0n) is 20.5. The first kappa shape index (κ1) is 24.2. The van der Waals surface area contributed by atoms with Crippen molar-refractivity contribution in [3.05, 3.63) is 116 Å². The molecule has 4 aromatic rings. The molecule has 0 unspecified atom stereocenters. The molecule has 0 radical (unpaired) electrons. The molecule has 0 amide bonds. The molecule has 6 rings (SSSR count). The maximum absolute atomic E-state index is 14.4. The van der Waals surface area contributed by atoms with Crippen LogP contribution in [0.25, 0.3) is 11.3 Å². The molecule has 1 spiro atoms. The molecule has 0 atom stereocenters. The van der Waals surface area contributed by atoms with Gasteiger partial charge in [0.05, 0.1) is 23.6 Å². The van der Waals surface area contributed by atoms with Gasteiger partial charge in [-0.2, -0.15) is 0 Å². The number of carbonyl (C=O) groups is 1. The summed E-state index contributed by atoms with van der Waals surface area (Å²) in [5.74, 6) is 0.168. The number of hydrogen-bond donors (Lipinski definition) is 0. The van der Waals surface area contributed by atoms with Crippen LogP contribution in [0.3, 0.4) is 0 Å². The molecular weight excluding hydrogens is 500 g/mol. The van der Waals surface area contributed by atoms with Gasteiger partial charge in [-0.05, 0) is 54.7 Å². The molecule has 4 nitrogen and oxygen atoms in total. The zero-order valence-corrected chi connectivity index (χ0v) is 22.0. The van der Waals surface area contributed by atoms with Crippen LogP contribution in [0.15, 0.2) is 88.8 Å². The summed E-state index contributed by atoms with van der Waals surface area (Å²) in [4.78, 5) is 32.5. The highest BCUT2D eigenvalue weighted by atomic mass is 35.5. The first-order valence-corrected chi connectivity index (χ1v) is 14.1. The van der Waals surface area contributed by atoms with Crippen molar-refractivity contribution in [2.75, 3.05) is 5.75 Å². The van der Waals surface area contributed by atoms with Crippen LogP contribution in [0.2, 0.25) is 5.02 Å². The minimum absolute atomic E-state index is 0.0208. The van der Waals surface area contributed by atoms with Gasteiger partial charge < -0.3 is 0 Å². The molecule has 0 N–H and O–H groups in total. The Kier molecular flexibility index (Phi) is 6.51. The third-order valence-electron chi connectivity index (χ3n) is 7.71. The lowest BCUT2D eigenvalue weighted by molar-refractivity contribution is 0.102. The van der Waals surface area contributed by atoms with Gasteiger partial charge in [-0.25, -0.2) is 4.98 Å². The number of hydrogen-bond acceptors (Lipinski definition) is 4. The Morgan fingerprint density at radius 2 is 1.65 bits per heavy atom. The van der Waals surface area contributed by atoms with Crippen molar-refractivity contribution in [2.24, 2.45) is 0 Å². The Labute approximate surface area is 225 Å². The molecule has 2 aliphatic carbocycles. The second kappa shape index (κ2) is 9.96. The minimum atomic E-state index is -0.158. The molecule has 1 heterocycles. The van der Waals surface area contributed by atoms with E-state index in [0.717, 1.165) is 54.5 Å². The summed E-state index contributed by atoms with van der Waals surface area (Å²) in [5.41, 5.74) is 5.49. The molecule has 37 heavy (non-hydrogen) atoms. The second-order valence-electron chi connectivity index (χ2n) is 10.0. The summed E-state index contributed by atoms with van der Waals surface area (Å²) in [6.45, 7) is 0.426. The minimum Gasteiger partial charge on any atom is -0.293 e. The number of nitrogens with zero attached hydrogens (tertiary/aromatic N) is 2. The van der Waals surface area contributed by atoms with Gasteiger partial charge in [-0.3, -0.25) is 14.2 Å². The van der Waals surface area contributed by atoms with Crippen molar-refractivity contribution < 1.29 is 4.79 Å². The standard InChI is InChI=1S/C31H27ClN2O2S/c32-24-14-12-22(13-15-24)26(35)20-37-30-33-28-25-11-5-4-10-23(25)18-31(16-6-7-17-31)27(28)29(36)34(30)19-21-8-2-1-3-9-21/h1-5,8-15H,6-7,16-20H2. The lowest BCUT2D eigenvalue weighted by atomic mass is 9.68. The number of benzene rings is 3. The van der Waals surface area contributed by atoms with Gasteiger partial charge in [-0.15, -0.1) is 0 Å². The van der Waals surface area contributed by atoms with Crippen molar-refractivity contribution in [1.82, 2.24) is 9.55 Å². The SMILES string of the molecule is O=C(CSc1nc2c(c(=O)n1Cc1ccccc1)C1(CCCC1)Cc1ccccc1-2)c1ccc(Cl)cc1. The summed E-state index contributed by atoms with van der Waals surface area (Å²) in [6, 6.07) is 25.3. The number of Topliss-reactive ketones (excluding diaryl/α,β-unsaturated/α-hetero) is 1. The van der Waals surface area contributed by atoms with E-state index in [1.165, 1.54) is 17.3 Å². The number of fused-ring (bicyclic) bond motifs is 4. The molecular formula is C31H27ClN2O2S. The number of rotatable bonds is 6. The van der Waals surface area contributed by atoms with Crippen LogP contribution in [0.1, 0.15) is 52.7 Å². The summed E-state index contributed by atoms with van der Waals surface area (Å²) in [7, 11) is 0. The predicted octanol–water partition coefficient (Wildman–Crippen LogP) is 6.95. The summed E-state index contributed by atoms with van der Waals surface area (Å²) >= 11 is 7.34. The molecule has 1 saturated carbocycles. The van der Waals surface area contributed by atoms with Gasteiger partial charge in [0, 0.05) is 21.6 Å². The van der Waals surface area contributed by atoms with E-state index in [1.807, 2.05) is 36.4 Å². The van der Waals surface area contributed by atoms with Crippen LogP contribution in [0.4, 0.5) is 0 Å². The Bertz CT molecular complexity index is 1520. The highest BCUT2D eigenvalue weighted by Crippen LogP contribution is 2.50. The molecule has 6 heteroatoms. The van der Waals surface area contributed by atoms with Gasteiger partial charge in [0.25, 0.3) is 5.56 Å². The summed E-state index contributed by atoms with van der Waals surface area (Å²) in [6.07, 6.45) is 5.17. The highest BCUT2D eigenvalue weighted by molar-refractivity contribution is 7.99. The van der Waals surface area contributed by atoms with Crippen LogP contribution in [0, 0.1) is 0 Å². The Balaban J connectivity index is 1.47. The van der Waals surface area contributed by atoms with Crippen LogP contribution in [-0.2, 0) is 18.4 Å². The van der Waals surface area contributed by atoms with E-state index in [9.17, 15) is 9.59 Å². The van der Waals surface area contributed by atoms with Crippen molar-refractivity contribution in [3.63, 3.8) is 0 Å². The van der Waals surface area contributed by atoms with Crippen molar-refractivity contribution in [1.29, 1.82) is 0 Å². The van der Waals surface area contributed by atoms with Crippen LogP contribution in [-0.4, -0.2) is 21.1 Å². The maximum atomic E-state index is 14.4. The Hall–Kier alpha value is -3.15. The predicted molar refractivity (Wildman–Crippen MR) is 150 cm³/mol. The van der Waals surface area contributed by atoms with E-state index in [0.29, 0.717) is 22.3 Å². The van der Waals surface area contributed by atoms with E-state index >= 15 is 0 Å². The van der Waals surface area contributed by atoms with E-state index < -0.39 is 0 Å². The monoisotopic (exact) mass is 526 g/mol. The lowest BCUT2D eigenvalue weighted by Gasteiger charge is -2.36. The number of ketones is 1. The summed E-state index contributed by atoms with van der Waals surface area (Å²) in [5, 5.41) is 1.18. The topological polar surface area (TPSA) is 52.0 Å². The number of aromatic nitrogens is 2. The van der Waals surface area contributed by atoms with Gasteiger partial charge >= 0.3 is 0 Å². The van der Waals surface area contributed by atoms with Crippen molar-refractivity contribution in [3.8, 4) is 11.3 Å². The normalized spacial score (nSPS) is 15.4.